The van der Waals surface area contributed by atoms with E-state index in [-0.39, 0.29) is 0 Å². The molecule has 0 saturated heterocycles. The topological polar surface area (TPSA) is 32.3 Å². The zero-order chi connectivity index (χ0) is 13.9. The average molecular weight is 259 g/mol. The summed E-state index contributed by atoms with van der Waals surface area (Å²) in [6.07, 6.45) is 13.3. The monoisotopic (exact) mass is 259 g/mol. The molecular formula is C16H37NO. The van der Waals surface area contributed by atoms with Crippen molar-refractivity contribution in [2.24, 2.45) is 0 Å². The van der Waals surface area contributed by atoms with Crippen LogP contribution in [0.5, 0.6) is 0 Å². The van der Waals surface area contributed by atoms with E-state index in [2.05, 4.69) is 26.1 Å². The Hall–Kier alpha value is -0.0800. The van der Waals surface area contributed by atoms with Crippen molar-refractivity contribution in [3.8, 4) is 0 Å². The van der Waals surface area contributed by atoms with Crippen molar-refractivity contribution in [2.75, 3.05) is 19.7 Å². The largest absolute Gasteiger partial charge is 0.396 e. The molecule has 0 rings (SSSR count). The average Bonchev–Trinajstić information content (AvgIpc) is 2.39. The first kappa shape index (κ1) is 20.2. The number of aliphatic hydroxyl groups is 1. The Morgan fingerprint density at radius 2 is 1.00 bits per heavy atom. The molecule has 2 heteroatoms. The van der Waals surface area contributed by atoms with Gasteiger partial charge in [0, 0.05) is 6.61 Å². The fraction of sp³-hybridized carbons (Fsp3) is 1.00. The third kappa shape index (κ3) is 24.9. The van der Waals surface area contributed by atoms with E-state index in [0.29, 0.717) is 6.61 Å². The Morgan fingerprint density at radius 1 is 0.611 bits per heavy atom. The van der Waals surface area contributed by atoms with Crippen molar-refractivity contribution < 1.29 is 5.11 Å². The first-order chi connectivity index (χ1) is 8.83. The molecule has 0 bridgehead atoms. The van der Waals surface area contributed by atoms with Gasteiger partial charge in [0.15, 0.2) is 0 Å². The van der Waals surface area contributed by atoms with Crippen LogP contribution in [0.25, 0.3) is 0 Å². The second-order valence-corrected chi connectivity index (χ2v) is 4.86. The van der Waals surface area contributed by atoms with Crippen molar-refractivity contribution in [1.82, 2.24) is 5.32 Å². The first-order valence-corrected chi connectivity index (χ1v) is 8.14. The van der Waals surface area contributed by atoms with Crippen LogP contribution in [0, 0.1) is 0 Å². The van der Waals surface area contributed by atoms with Crippen LogP contribution in [0.15, 0.2) is 0 Å². The lowest BCUT2D eigenvalue weighted by Crippen LogP contribution is -2.09. The van der Waals surface area contributed by atoms with Crippen LogP contribution in [0.3, 0.4) is 0 Å². The predicted molar refractivity (Wildman–Crippen MR) is 83.1 cm³/mol. The summed E-state index contributed by atoms with van der Waals surface area (Å²) in [6.45, 7) is 9.02. The maximum Gasteiger partial charge on any atom is 0.0431 e. The maximum atomic E-state index is 8.57. The molecule has 0 aliphatic heterocycles. The summed E-state index contributed by atoms with van der Waals surface area (Å²) in [6, 6.07) is 0. The molecule has 0 spiro atoms. The van der Waals surface area contributed by atoms with Gasteiger partial charge in [0.2, 0.25) is 0 Å². The number of unbranched alkanes of at least 4 members (excludes halogenated alkanes) is 9. The Bertz CT molecular complexity index is 106. The highest BCUT2D eigenvalue weighted by molar-refractivity contribution is 4.46. The molecule has 112 valence electrons. The fourth-order valence-electron chi connectivity index (χ4n) is 1.85. The van der Waals surface area contributed by atoms with Crippen LogP contribution >= 0.6 is 0 Å². The lowest BCUT2D eigenvalue weighted by molar-refractivity contribution is 0.282. The molecule has 0 heterocycles. The number of hydrogen-bond acceptors (Lipinski definition) is 2. The molecule has 0 aromatic rings. The molecule has 0 unspecified atom stereocenters. The van der Waals surface area contributed by atoms with Crippen LogP contribution in [0.4, 0.5) is 0 Å². The van der Waals surface area contributed by atoms with E-state index >= 15 is 0 Å². The van der Waals surface area contributed by atoms with Gasteiger partial charge in [-0.1, -0.05) is 78.6 Å². The van der Waals surface area contributed by atoms with E-state index in [1.54, 1.807) is 0 Å². The molecule has 0 aliphatic carbocycles. The summed E-state index contributed by atoms with van der Waals surface area (Å²) in [5.41, 5.74) is 0. The third-order valence-corrected chi connectivity index (χ3v) is 3.01. The van der Waals surface area contributed by atoms with E-state index < -0.39 is 0 Å². The van der Waals surface area contributed by atoms with Crippen molar-refractivity contribution in [2.45, 2.75) is 85.0 Å². The third-order valence-electron chi connectivity index (χ3n) is 3.01. The van der Waals surface area contributed by atoms with Gasteiger partial charge in [-0.25, -0.2) is 0 Å². The van der Waals surface area contributed by atoms with Crippen LogP contribution in [0.2, 0.25) is 0 Å². The van der Waals surface area contributed by atoms with Gasteiger partial charge in [0.1, 0.15) is 0 Å². The molecule has 0 radical (unpaired) electrons. The lowest BCUT2D eigenvalue weighted by atomic mass is 10.1. The molecule has 2 nitrogen and oxygen atoms in total. The van der Waals surface area contributed by atoms with E-state index in [9.17, 15) is 0 Å². The fourth-order valence-corrected chi connectivity index (χ4v) is 1.85. The second kappa shape index (κ2) is 22.1. The summed E-state index contributed by atoms with van der Waals surface area (Å²) in [4.78, 5) is 0. The van der Waals surface area contributed by atoms with Crippen LogP contribution in [-0.4, -0.2) is 24.8 Å². The van der Waals surface area contributed by atoms with Gasteiger partial charge in [-0.2, -0.15) is 0 Å². The van der Waals surface area contributed by atoms with Crippen LogP contribution in [0.1, 0.15) is 85.0 Å². The van der Waals surface area contributed by atoms with Gasteiger partial charge in [0.25, 0.3) is 0 Å². The standard InChI is InChI=1S/C12H26O.C4H11N/c1-2-3-4-5-6-7-8-9-10-11-12-13;1-3-5-4-2/h13H,2-12H2,1H3;5H,3-4H2,1-2H3. The zero-order valence-corrected chi connectivity index (χ0v) is 13.1. The van der Waals surface area contributed by atoms with Crippen molar-refractivity contribution in [1.29, 1.82) is 0 Å². The highest BCUT2D eigenvalue weighted by Gasteiger charge is 1.91. The minimum absolute atomic E-state index is 0.372. The van der Waals surface area contributed by atoms with Crippen molar-refractivity contribution >= 4 is 0 Å². The maximum absolute atomic E-state index is 8.57. The number of hydrogen-bond donors (Lipinski definition) is 2. The van der Waals surface area contributed by atoms with Gasteiger partial charge in [0.05, 0.1) is 0 Å². The van der Waals surface area contributed by atoms with E-state index in [4.69, 9.17) is 5.11 Å². The van der Waals surface area contributed by atoms with Crippen molar-refractivity contribution in [3.63, 3.8) is 0 Å². The van der Waals surface area contributed by atoms with Gasteiger partial charge in [-0.3, -0.25) is 0 Å². The summed E-state index contributed by atoms with van der Waals surface area (Å²) >= 11 is 0. The van der Waals surface area contributed by atoms with E-state index in [1.165, 1.54) is 57.8 Å². The SMILES string of the molecule is CCCCCCCCCCCCO.CCNCC. The molecule has 0 aliphatic rings. The van der Waals surface area contributed by atoms with Crippen LogP contribution in [-0.2, 0) is 0 Å². The number of rotatable bonds is 12. The van der Waals surface area contributed by atoms with Gasteiger partial charge < -0.3 is 10.4 Å². The molecule has 0 aromatic heterocycles. The molecule has 0 aromatic carbocycles. The van der Waals surface area contributed by atoms with Gasteiger partial charge in [-0.15, -0.1) is 0 Å². The summed E-state index contributed by atoms with van der Waals surface area (Å²) in [5.74, 6) is 0. The van der Waals surface area contributed by atoms with Crippen molar-refractivity contribution in [3.05, 3.63) is 0 Å². The minimum atomic E-state index is 0.372. The predicted octanol–water partition coefficient (Wildman–Crippen LogP) is 4.52. The zero-order valence-electron chi connectivity index (χ0n) is 13.1. The number of nitrogens with one attached hydrogen (secondary N) is 1. The Labute approximate surface area is 116 Å². The normalized spacial score (nSPS) is 10.0. The Balaban J connectivity index is 0. The molecule has 18 heavy (non-hydrogen) atoms. The first-order valence-electron chi connectivity index (χ1n) is 8.14. The quantitative estimate of drug-likeness (QED) is 0.505. The molecule has 2 N–H and O–H groups in total. The summed E-state index contributed by atoms with van der Waals surface area (Å²) < 4.78 is 0. The second-order valence-electron chi connectivity index (χ2n) is 4.86. The summed E-state index contributed by atoms with van der Waals surface area (Å²) in [5, 5.41) is 11.7. The highest BCUT2D eigenvalue weighted by atomic mass is 16.2. The van der Waals surface area contributed by atoms with E-state index in [1.807, 2.05) is 0 Å². The number of aliphatic hydroxyl groups excluding tert-OH is 1. The Morgan fingerprint density at radius 3 is 1.28 bits per heavy atom. The summed E-state index contributed by atoms with van der Waals surface area (Å²) in [7, 11) is 0. The lowest BCUT2D eigenvalue weighted by Gasteiger charge is -2.00. The molecule has 0 atom stereocenters. The Kier molecular flexibility index (Phi) is 24.9. The van der Waals surface area contributed by atoms with E-state index in [0.717, 1.165) is 19.5 Å². The van der Waals surface area contributed by atoms with Gasteiger partial charge in [-0.05, 0) is 19.5 Å². The molecule has 0 amide bonds. The van der Waals surface area contributed by atoms with Crippen LogP contribution < -0.4 is 5.32 Å². The smallest absolute Gasteiger partial charge is 0.0431 e. The minimum Gasteiger partial charge on any atom is -0.396 e. The molecular weight excluding hydrogens is 222 g/mol. The molecule has 0 fully saturated rings. The molecule has 0 saturated carbocycles. The van der Waals surface area contributed by atoms with Gasteiger partial charge >= 0.3 is 0 Å². The highest BCUT2D eigenvalue weighted by Crippen LogP contribution is 2.09.